The zero-order chi connectivity index (χ0) is 10.5. The van der Waals surface area contributed by atoms with Crippen molar-refractivity contribution in [2.24, 2.45) is 11.8 Å². The lowest BCUT2D eigenvalue weighted by Crippen LogP contribution is -2.37. The summed E-state index contributed by atoms with van der Waals surface area (Å²) in [4.78, 5) is 7.11. The molecule has 1 unspecified atom stereocenters. The third kappa shape index (κ3) is 3.06. The van der Waals surface area contributed by atoms with Gasteiger partial charge in [-0.15, -0.1) is 0 Å². The molecule has 1 atom stereocenters. The highest BCUT2D eigenvalue weighted by molar-refractivity contribution is 4.98. The second-order valence-electron chi connectivity index (χ2n) is 4.16. The van der Waals surface area contributed by atoms with Crippen LogP contribution in [0.2, 0.25) is 0 Å². The maximum Gasteiger partial charge on any atom is 0.117 e. The quantitative estimate of drug-likeness (QED) is 0.763. The molecule has 4 nitrogen and oxygen atoms in total. The minimum Gasteiger partial charge on any atom is -0.468 e. The minimum absolute atomic E-state index is 0.568. The highest BCUT2D eigenvalue weighted by atomic mass is 16.6. The molecule has 1 aromatic heterocycles. The van der Waals surface area contributed by atoms with E-state index in [1.807, 2.05) is 12.1 Å². The molecule has 2 rings (SSSR count). The number of likely N-dealkylation sites (tertiary alicyclic amines) is 1. The van der Waals surface area contributed by atoms with Crippen LogP contribution in [0.25, 0.3) is 0 Å². The Bertz CT molecular complexity index is 272. The van der Waals surface area contributed by atoms with E-state index >= 15 is 0 Å². The first kappa shape index (κ1) is 10.7. The molecular weight excluding hydrogens is 192 g/mol. The monoisotopic (exact) mass is 210 g/mol. The van der Waals surface area contributed by atoms with Gasteiger partial charge in [-0.25, -0.2) is 5.90 Å². The fourth-order valence-electron chi connectivity index (χ4n) is 2.19. The van der Waals surface area contributed by atoms with E-state index < -0.39 is 0 Å². The number of furan rings is 1. The Hall–Kier alpha value is -0.840. The summed E-state index contributed by atoms with van der Waals surface area (Å²) in [6.07, 6.45) is 4.15. The SMILES string of the molecule is NOCC1CCCN(Cc2ccco2)C1. The topological polar surface area (TPSA) is 51.6 Å². The highest BCUT2D eigenvalue weighted by Crippen LogP contribution is 2.18. The predicted molar refractivity (Wildman–Crippen MR) is 56.8 cm³/mol. The van der Waals surface area contributed by atoms with Crippen molar-refractivity contribution in [3.8, 4) is 0 Å². The van der Waals surface area contributed by atoms with Crippen LogP contribution in [-0.4, -0.2) is 24.6 Å². The Morgan fingerprint density at radius 1 is 1.60 bits per heavy atom. The summed E-state index contributed by atoms with van der Waals surface area (Å²) < 4.78 is 5.33. The second kappa shape index (κ2) is 5.30. The molecule has 1 fully saturated rings. The molecule has 15 heavy (non-hydrogen) atoms. The van der Waals surface area contributed by atoms with Gasteiger partial charge in [0.15, 0.2) is 0 Å². The van der Waals surface area contributed by atoms with Crippen LogP contribution in [0.4, 0.5) is 0 Å². The summed E-state index contributed by atoms with van der Waals surface area (Å²) >= 11 is 0. The smallest absolute Gasteiger partial charge is 0.117 e. The van der Waals surface area contributed by atoms with Crippen LogP contribution in [0, 0.1) is 5.92 Å². The third-order valence-electron chi connectivity index (χ3n) is 2.89. The molecular formula is C11H18N2O2. The van der Waals surface area contributed by atoms with Gasteiger partial charge in [0, 0.05) is 6.54 Å². The van der Waals surface area contributed by atoms with Crippen molar-refractivity contribution >= 4 is 0 Å². The molecule has 0 aliphatic carbocycles. The van der Waals surface area contributed by atoms with Crippen LogP contribution in [0.5, 0.6) is 0 Å². The van der Waals surface area contributed by atoms with Crippen molar-refractivity contribution in [3.05, 3.63) is 24.2 Å². The molecule has 0 spiro atoms. The molecule has 0 amide bonds. The first-order chi connectivity index (χ1) is 7.38. The third-order valence-corrected chi connectivity index (χ3v) is 2.89. The minimum atomic E-state index is 0.568. The van der Waals surface area contributed by atoms with Gasteiger partial charge in [-0.2, -0.15) is 0 Å². The molecule has 84 valence electrons. The van der Waals surface area contributed by atoms with Crippen molar-refractivity contribution in [1.29, 1.82) is 0 Å². The lowest BCUT2D eigenvalue weighted by molar-refractivity contribution is 0.0565. The Labute approximate surface area is 89.9 Å². The van der Waals surface area contributed by atoms with E-state index in [1.165, 1.54) is 12.8 Å². The van der Waals surface area contributed by atoms with Gasteiger partial charge >= 0.3 is 0 Å². The van der Waals surface area contributed by atoms with Gasteiger partial charge in [0.2, 0.25) is 0 Å². The zero-order valence-electron chi connectivity index (χ0n) is 8.89. The molecule has 2 heterocycles. The average molecular weight is 210 g/mol. The fourth-order valence-corrected chi connectivity index (χ4v) is 2.19. The number of hydrogen-bond donors (Lipinski definition) is 1. The van der Waals surface area contributed by atoms with Gasteiger partial charge in [-0.3, -0.25) is 4.90 Å². The summed E-state index contributed by atoms with van der Waals surface area (Å²) in [6, 6.07) is 3.95. The van der Waals surface area contributed by atoms with Crippen LogP contribution in [-0.2, 0) is 11.4 Å². The van der Waals surface area contributed by atoms with Gasteiger partial charge < -0.3 is 9.25 Å². The summed E-state index contributed by atoms with van der Waals surface area (Å²) in [5, 5.41) is 0. The molecule has 1 saturated heterocycles. The largest absolute Gasteiger partial charge is 0.468 e. The average Bonchev–Trinajstić information content (AvgIpc) is 2.71. The number of rotatable bonds is 4. The first-order valence-corrected chi connectivity index (χ1v) is 5.45. The van der Waals surface area contributed by atoms with Crippen LogP contribution < -0.4 is 5.90 Å². The summed E-state index contributed by atoms with van der Waals surface area (Å²) in [5.74, 6) is 6.70. The Morgan fingerprint density at radius 2 is 2.53 bits per heavy atom. The van der Waals surface area contributed by atoms with Crippen LogP contribution in [0.3, 0.4) is 0 Å². The van der Waals surface area contributed by atoms with E-state index in [1.54, 1.807) is 6.26 Å². The number of nitrogens with two attached hydrogens (primary N) is 1. The predicted octanol–water partition coefficient (Wildman–Crippen LogP) is 1.38. The summed E-state index contributed by atoms with van der Waals surface area (Å²) in [7, 11) is 0. The Morgan fingerprint density at radius 3 is 3.27 bits per heavy atom. The number of nitrogens with zero attached hydrogens (tertiary/aromatic N) is 1. The van der Waals surface area contributed by atoms with Gasteiger partial charge in [0.25, 0.3) is 0 Å². The molecule has 1 aliphatic heterocycles. The maximum atomic E-state index is 5.33. The second-order valence-corrected chi connectivity index (χ2v) is 4.16. The van der Waals surface area contributed by atoms with Crippen molar-refractivity contribution < 1.29 is 9.25 Å². The molecule has 0 bridgehead atoms. The molecule has 2 N–H and O–H groups in total. The molecule has 0 aromatic carbocycles. The normalized spacial score (nSPS) is 23.1. The van der Waals surface area contributed by atoms with Crippen molar-refractivity contribution in [3.63, 3.8) is 0 Å². The molecule has 0 saturated carbocycles. The van der Waals surface area contributed by atoms with E-state index in [0.717, 1.165) is 25.4 Å². The summed E-state index contributed by atoms with van der Waals surface area (Å²) in [6.45, 7) is 3.75. The Balaban J connectivity index is 1.82. The lowest BCUT2D eigenvalue weighted by atomic mass is 9.99. The van der Waals surface area contributed by atoms with Gasteiger partial charge in [0.1, 0.15) is 5.76 Å². The van der Waals surface area contributed by atoms with E-state index in [0.29, 0.717) is 12.5 Å². The van der Waals surface area contributed by atoms with Crippen LogP contribution in [0.15, 0.2) is 22.8 Å². The van der Waals surface area contributed by atoms with Gasteiger partial charge in [-0.1, -0.05) is 0 Å². The van der Waals surface area contributed by atoms with Crippen molar-refractivity contribution in [2.75, 3.05) is 19.7 Å². The summed E-state index contributed by atoms with van der Waals surface area (Å²) in [5.41, 5.74) is 0. The molecule has 1 aliphatic rings. The Kier molecular flexibility index (Phi) is 3.77. The van der Waals surface area contributed by atoms with Crippen molar-refractivity contribution in [1.82, 2.24) is 4.90 Å². The van der Waals surface area contributed by atoms with E-state index in [2.05, 4.69) is 4.90 Å². The fraction of sp³-hybridized carbons (Fsp3) is 0.636. The van der Waals surface area contributed by atoms with Crippen LogP contribution >= 0.6 is 0 Å². The highest BCUT2D eigenvalue weighted by Gasteiger charge is 2.20. The van der Waals surface area contributed by atoms with E-state index in [-0.39, 0.29) is 0 Å². The molecule has 1 aromatic rings. The van der Waals surface area contributed by atoms with Crippen molar-refractivity contribution in [2.45, 2.75) is 19.4 Å². The molecule has 0 radical (unpaired) electrons. The number of piperidine rings is 1. The number of hydrogen-bond acceptors (Lipinski definition) is 4. The van der Waals surface area contributed by atoms with E-state index in [4.69, 9.17) is 15.2 Å². The van der Waals surface area contributed by atoms with E-state index in [9.17, 15) is 0 Å². The standard InChI is InChI=1S/C11H18N2O2/c12-15-9-10-3-1-5-13(7-10)8-11-4-2-6-14-11/h2,4,6,10H,1,3,5,7-9,12H2. The van der Waals surface area contributed by atoms with Gasteiger partial charge in [0.05, 0.1) is 19.4 Å². The lowest BCUT2D eigenvalue weighted by Gasteiger charge is -2.31. The first-order valence-electron chi connectivity index (χ1n) is 5.45. The zero-order valence-corrected chi connectivity index (χ0v) is 8.89. The van der Waals surface area contributed by atoms with Gasteiger partial charge in [-0.05, 0) is 37.4 Å². The maximum absolute atomic E-state index is 5.33. The van der Waals surface area contributed by atoms with Crippen LogP contribution in [0.1, 0.15) is 18.6 Å². The molecule has 4 heteroatoms.